The molecule has 16 heteroatoms. The zero-order chi connectivity index (χ0) is 27.6. The van der Waals surface area contributed by atoms with Crippen LogP contribution in [0.25, 0.3) is 0 Å². The number of likely N-dealkylation sites (tertiary alicyclic amines) is 1. The van der Waals surface area contributed by atoms with Crippen LogP contribution in [0.3, 0.4) is 0 Å². The van der Waals surface area contributed by atoms with Crippen LogP contribution in [0.15, 0.2) is 36.0 Å². The number of aromatic nitrogens is 2. The number of alkyl halides is 6. The molecule has 2 saturated heterocycles. The molecule has 0 saturated carbocycles. The van der Waals surface area contributed by atoms with Gasteiger partial charge < -0.3 is 19.7 Å². The van der Waals surface area contributed by atoms with Gasteiger partial charge in [-0.05, 0) is 25.0 Å². The maximum absolute atomic E-state index is 10.6. The summed E-state index contributed by atoms with van der Waals surface area (Å²) in [5.74, 6) is -5.51. The number of carbonyl (C=O) groups is 2. The Hall–Kier alpha value is -2.82. The maximum atomic E-state index is 10.6. The molecular formula is C21H23F6N3O6S. The Morgan fingerprint density at radius 2 is 1.73 bits per heavy atom. The quantitative estimate of drug-likeness (QED) is 0.528. The highest BCUT2D eigenvalue weighted by atomic mass is 32.1. The molecule has 2 aromatic heterocycles. The fourth-order valence-corrected chi connectivity index (χ4v) is 4.15. The number of hydrogen-bond donors (Lipinski definition) is 2. The van der Waals surface area contributed by atoms with E-state index < -0.39 is 24.3 Å². The zero-order valence-electron chi connectivity index (χ0n) is 19.0. The lowest BCUT2D eigenvalue weighted by atomic mass is 10.0. The van der Waals surface area contributed by atoms with Gasteiger partial charge in [-0.1, -0.05) is 6.07 Å². The molecule has 0 amide bonds. The number of halogens is 6. The number of fused-ring (bicyclic) bond motifs is 1. The van der Waals surface area contributed by atoms with Crippen molar-refractivity contribution in [3.8, 4) is 0 Å². The molecule has 4 rings (SSSR count). The molecule has 0 bridgehead atoms. The monoisotopic (exact) mass is 559 g/mol. The van der Waals surface area contributed by atoms with Gasteiger partial charge in [-0.15, -0.1) is 11.3 Å². The van der Waals surface area contributed by atoms with E-state index in [1.165, 1.54) is 11.4 Å². The van der Waals surface area contributed by atoms with Crippen molar-refractivity contribution in [2.45, 2.75) is 56.6 Å². The summed E-state index contributed by atoms with van der Waals surface area (Å²) in [6.45, 7) is 3.19. The van der Waals surface area contributed by atoms with Crippen LogP contribution < -0.4 is 0 Å². The second-order valence-electron chi connectivity index (χ2n) is 7.68. The summed E-state index contributed by atoms with van der Waals surface area (Å²) >= 11 is 1.72. The number of pyridine rings is 1. The van der Waals surface area contributed by atoms with E-state index in [2.05, 4.69) is 14.9 Å². The summed E-state index contributed by atoms with van der Waals surface area (Å²) < 4.78 is 75.7. The highest BCUT2D eigenvalue weighted by Crippen LogP contribution is 2.32. The van der Waals surface area contributed by atoms with E-state index >= 15 is 0 Å². The third-order valence-corrected chi connectivity index (χ3v) is 5.83. The maximum Gasteiger partial charge on any atom is 0.490 e. The van der Waals surface area contributed by atoms with E-state index in [9.17, 15) is 26.3 Å². The largest absolute Gasteiger partial charge is 0.490 e. The van der Waals surface area contributed by atoms with E-state index in [0.717, 1.165) is 31.8 Å². The highest BCUT2D eigenvalue weighted by Gasteiger charge is 2.44. The Morgan fingerprint density at radius 1 is 1.08 bits per heavy atom. The van der Waals surface area contributed by atoms with Crippen LogP contribution in [0.4, 0.5) is 26.3 Å². The van der Waals surface area contributed by atoms with Gasteiger partial charge in [0.1, 0.15) is 11.1 Å². The molecule has 0 unspecified atom stereocenters. The second-order valence-corrected chi connectivity index (χ2v) is 8.66. The van der Waals surface area contributed by atoms with Gasteiger partial charge in [-0.25, -0.2) is 14.6 Å². The van der Waals surface area contributed by atoms with Crippen LogP contribution in [0.2, 0.25) is 0 Å². The van der Waals surface area contributed by atoms with Gasteiger partial charge in [0.15, 0.2) is 0 Å². The summed E-state index contributed by atoms with van der Waals surface area (Å²) in [5.41, 5.74) is 0.971. The Kier molecular flexibility index (Phi) is 11.2. The lowest BCUT2D eigenvalue weighted by Gasteiger charge is -2.32. The first-order valence-electron chi connectivity index (χ1n) is 10.6. The fourth-order valence-electron chi connectivity index (χ4n) is 3.51. The molecule has 9 nitrogen and oxygen atoms in total. The van der Waals surface area contributed by atoms with Crippen molar-refractivity contribution in [3.05, 3.63) is 46.7 Å². The van der Waals surface area contributed by atoms with Crippen molar-refractivity contribution in [2.75, 3.05) is 13.2 Å². The summed E-state index contributed by atoms with van der Waals surface area (Å²) in [6.07, 6.45) is -3.89. The second kappa shape index (κ2) is 13.6. The number of ether oxygens (including phenoxy) is 2. The van der Waals surface area contributed by atoms with Crippen LogP contribution in [-0.2, 0) is 32.2 Å². The number of hydrogen-bond acceptors (Lipinski definition) is 8. The molecule has 206 valence electrons. The molecule has 2 aliphatic rings. The smallest absolute Gasteiger partial charge is 0.475 e. The third-order valence-electron chi connectivity index (χ3n) is 5.06. The Labute approximate surface area is 210 Å². The van der Waals surface area contributed by atoms with Crippen molar-refractivity contribution in [1.29, 1.82) is 0 Å². The van der Waals surface area contributed by atoms with Crippen LogP contribution in [-0.4, -0.2) is 80.8 Å². The molecule has 0 aromatic carbocycles. The average Bonchev–Trinajstić information content (AvgIpc) is 3.46. The predicted molar refractivity (Wildman–Crippen MR) is 115 cm³/mol. The molecule has 2 aromatic rings. The number of carboxylic acids is 2. The van der Waals surface area contributed by atoms with Gasteiger partial charge in [-0.3, -0.25) is 9.88 Å². The van der Waals surface area contributed by atoms with Crippen LogP contribution >= 0.6 is 11.3 Å². The minimum atomic E-state index is -5.08. The SMILES string of the molecule is O=C(O)C(F)(F)F.O=C(O)C(F)(F)F.c1ccc(CO[C@H]2CN(Cc3nccs3)[C@@H]3CCCO[C@H]23)nc1. The van der Waals surface area contributed by atoms with Crippen LogP contribution in [0, 0.1) is 0 Å². The van der Waals surface area contributed by atoms with Crippen molar-refractivity contribution in [2.24, 2.45) is 0 Å². The van der Waals surface area contributed by atoms with Crippen molar-refractivity contribution < 1.29 is 55.6 Å². The van der Waals surface area contributed by atoms with E-state index in [1.807, 2.05) is 36.0 Å². The number of aliphatic carboxylic acids is 2. The minimum absolute atomic E-state index is 0.113. The molecule has 4 heterocycles. The van der Waals surface area contributed by atoms with Gasteiger partial charge in [0.25, 0.3) is 0 Å². The fraction of sp³-hybridized carbons (Fsp3) is 0.524. The number of carboxylic acid groups (broad SMARTS) is 2. The first kappa shape index (κ1) is 30.4. The van der Waals surface area contributed by atoms with Crippen molar-refractivity contribution in [3.63, 3.8) is 0 Å². The highest BCUT2D eigenvalue weighted by molar-refractivity contribution is 7.09. The molecule has 37 heavy (non-hydrogen) atoms. The van der Waals surface area contributed by atoms with E-state index in [0.29, 0.717) is 12.6 Å². The normalized spacial score (nSPS) is 21.6. The Bertz CT molecular complexity index is 953. The van der Waals surface area contributed by atoms with Crippen molar-refractivity contribution >= 4 is 23.3 Å². The summed E-state index contributed by atoms with van der Waals surface area (Å²) in [7, 11) is 0. The predicted octanol–water partition coefficient (Wildman–Crippen LogP) is 3.75. The third kappa shape index (κ3) is 10.2. The first-order valence-corrected chi connectivity index (χ1v) is 11.5. The van der Waals surface area contributed by atoms with Crippen molar-refractivity contribution in [1.82, 2.24) is 14.9 Å². The van der Waals surface area contributed by atoms with Gasteiger partial charge in [0.05, 0.1) is 24.9 Å². The molecule has 0 radical (unpaired) electrons. The molecule has 0 aliphatic carbocycles. The first-order chi connectivity index (χ1) is 17.3. The van der Waals surface area contributed by atoms with Gasteiger partial charge >= 0.3 is 24.3 Å². The van der Waals surface area contributed by atoms with Crippen LogP contribution in [0.1, 0.15) is 23.5 Å². The number of thiazole rings is 1. The van der Waals surface area contributed by atoms with Gasteiger partial charge in [-0.2, -0.15) is 26.3 Å². The number of rotatable bonds is 5. The summed E-state index contributed by atoms with van der Waals surface area (Å²) in [6, 6.07) is 6.37. The minimum Gasteiger partial charge on any atom is -0.475 e. The molecule has 2 aliphatic heterocycles. The molecular weight excluding hydrogens is 536 g/mol. The number of nitrogens with zero attached hydrogens (tertiary/aromatic N) is 3. The average molecular weight is 559 g/mol. The van der Waals surface area contributed by atoms with E-state index in [1.54, 1.807) is 11.3 Å². The molecule has 0 spiro atoms. The van der Waals surface area contributed by atoms with Gasteiger partial charge in [0, 0.05) is 37.0 Å². The summed E-state index contributed by atoms with van der Waals surface area (Å²) in [5, 5.41) is 17.5. The van der Waals surface area contributed by atoms with Gasteiger partial charge in [0.2, 0.25) is 0 Å². The Balaban J connectivity index is 0.000000286. The lowest BCUT2D eigenvalue weighted by molar-refractivity contribution is -0.193. The lowest BCUT2D eigenvalue weighted by Crippen LogP contribution is -2.41. The van der Waals surface area contributed by atoms with E-state index in [4.69, 9.17) is 29.3 Å². The molecule has 3 atom stereocenters. The molecule has 2 N–H and O–H groups in total. The van der Waals surface area contributed by atoms with E-state index in [-0.39, 0.29) is 12.2 Å². The standard InChI is InChI=1S/C17H21N3O2S.2C2HF3O2/c1-2-6-18-13(4-1)12-22-15-10-20(11-16-19-7-9-23-16)14-5-3-8-21-17(14)15;2*3-2(4,5)1(6)7/h1-2,4,6-7,9,14-15,17H,3,5,8,10-12H2;2*(H,6,7)/t14-,15+,17+;;/m1../s1. The summed E-state index contributed by atoms with van der Waals surface area (Å²) in [4.78, 5) is 29.0. The zero-order valence-corrected chi connectivity index (χ0v) is 19.8. The Morgan fingerprint density at radius 3 is 2.24 bits per heavy atom. The van der Waals surface area contributed by atoms with Crippen LogP contribution in [0.5, 0.6) is 0 Å². The topological polar surface area (TPSA) is 122 Å². The molecule has 2 fully saturated rings.